The molecule has 1 saturated heterocycles. The Kier molecular flexibility index (Phi) is 5.02. The summed E-state index contributed by atoms with van der Waals surface area (Å²) in [5.41, 5.74) is 1.42. The van der Waals surface area contributed by atoms with Crippen LogP contribution in [-0.4, -0.2) is 38.3 Å². The number of benzene rings is 1. The summed E-state index contributed by atoms with van der Waals surface area (Å²) in [6, 6.07) is 5.36. The second-order valence-electron chi connectivity index (χ2n) is 5.39. The van der Waals surface area contributed by atoms with Crippen molar-refractivity contribution in [1.29, 1.82) is 0 Å². The number of methoxy groups -OCH3 is 1. The van der Waals surface area contributed by atoms with Crippen molar-refractivity contribution in [3.63, 3.8) is 0 Å². The van der Waals surface area contributed by atoms with Crippen molar-refractivity contribution in [1.82, 2.24) is 10.6 Å². The predicted octanol–water partition coefficient (Wildman–Crippen LogP) is 2.15. The molecule has 1 amide bonds. The van der Waals surface area contributed by atoms with E-state index in [1.165, 1.54) is 0 Å². The van der Waals surface area contributed by atoms with Gasteiger partial charge >= 0.3 is 0 Å². The zero-order chi connectivity index (χ0) is 14.6. The zero-order valence-electron chi connectivity index (χ0n) is 12.0. The van der Waals surface area contributed by atoms with Crippen molar-refractivity contribution in [2.24, 2.45) is 0 Å². The normalized spacial score (nSPS) is 21.9. The van der Waals surface area contributed by atoms with Gasteiger partial charge in [-0.25, -0.2) is 0 Å². The summed E-state index contributed by atoms with van der Waals surface area (Å²) in [6.07, 6.45) is 2.12. The molecule has 0 saturated carbocycles. The number of amides is 1. The Morgan fingerprint density at radius 3 is 2.95 bits per heavy atom. The minimum atomic E-state index is -0.140. The Labute approximate surface area is 124 Å². The molecule has 1 heterocycles. The van der Waals surface area contributed by atoms with E-state index in [9.17, 15) is 4.79 Å². The standard InChI is InChI=1S/C15H21ClN2O2/c1-11-4-5-12(8-13(11)16)14(19)17-9-15(10-20-2)6-3-7-18-15/h4-5,8,18H,3,6-7,9-10H2,1-2H3,(H,17,19). The Morgan fingerprint density at radius 2 is 2.35 bits per heavy atom. The molecule has 2 N–H and O–H groups in total. The number of nitrogens with one attached hydrogen (secondary N) is 2. The number of carbonyl (C=O) groups is 1. The molecular formula is C15H21ClN2O2. The van der Waals surface area contributed by atoms with Crippen molar-refractivity contribution in [3.05, 3.63) is 34.3 Å². The van der Waals surface area contributed by atoms with Crippen LogP contribution in [0, 0.1) is 6.92 Å². The van der Waals surface area contributed by atoms with Crippen molar-refractivity contribution in [3.8, 4) is 0 Å². The zero-order valence-corrected chi connectivity index (χ0v) is 12.7. The second kappa shape index (κ2) is 6.57. The van der Waals surface area contributed by atoms with Gasteiger partial charge in [0.1, 0.15) is 0 Å². The fourth-order valence-electron chi connectivity index (χ4n) is 2.56. The lowest BCUT2D eigenvalue weighted by Crippen LogP contribution is -2.53. The molecule has 1 aliphatic rings. The first-order chi connectivity index (χ1) is 9.56. The minimum Gasteiger partial charge on any atom is -0.383 e. The van der Waals surface area contributed by atoms with Crippen LogP contribution in [-0.2, 0) is 4.74 Å². The van der Waals surface area contributed by atoms with Crippen molar-refractivity contribution < 1.29 is 9.53 Å². The average molecular weight is 297 g/mol. The third-order valence-corrected chi connectivity index (χ3v) is 4.18. The first-order valence-corrected chi connectivity index (χ1v) is 7.22. The highest BCUT2D eigenvalue weighted by Gasteiger charge is 2.33. The molecule has 2 rings (SSSR count). The van der Waals surface area contributed by atoms with Crippen LogP contribution in [0.4, 0.5) is 0 Å². The molecule has 0 aromatic heterocycles. The summed E-state index contributed by atoms with van der Waals surface area (Å²) in [5, 5.41) is 7.02. The van der Waals surface area contributed by atoms with Gasteiger partial charge in [-0.1, -0.05) is 17.7 Å². The van der Waals surface area contributed by atoms with Gasteiger partial charge in [-0.15, -0.1) is 0 Å². The van der Waals surface area contributed by atoms with Gasteiger partial charge in [-0.05, 0) is 44.0 Å². The number of hydrogen-bond acceptors (Lipinski definition) is 3. The van der Waals surface area contributed by atoms with Crippen LogP contribution in [0.3, 0.4) is 0 Å². The lowest BCUT2D eigenvalue weighted by Gasteiger charge is -2.29. The Hall–Kier alpha value is -1.10. The van der Waals surface area contributed by atoms with Gasteiger partial charge in [0, 0.05) is 24.2 Å². The average Bonchev–Trinajstić information content (AvgIpc) is 2.89. The third kappa shape index (κ3) is 3.51. The number of aryl methyl sites for hydroxylation is 1. The lowest BCUT2D eigenvalue weighted by molar-refractivity contribution is 0.0892. The van der Waals surface area contributed by atoms with Crippen molar-refractivity contribution in [2.45, 2.75) is 25.3 Å². The monoisotopic (exact) mass is 296 g/mol. The second-order valence-corrected chi connectivity index (χ2v) is 5.80. The maximum atomic E-state index is 12.2. The molecule has 1 aromatic carbocycles. The Morgan fingerprint density at radius 1 is 1.55 bits per heavy atom. The molecule has 4 nitrogen and oxygen atoms in total. The molecule has 0 bridgehead atoms. The number of rotatable bonds is 5. The van der Waals surface area contributed by atoms with Gasteiger partial charge < -0.3 is 15.4 Å². The van der Waals surface area contributed by atoms with Crippen LogP contribution in [0.5, 0.6) is 0 Å². The quantitative estimate of drug-likeness (QED) is 0.875. The van der Waals surface area contributed by atoms with E-state index >= 15 is 0 Å². The van der Waals surface area contributed by atoms with E-state index in [0.29, 0.717) is 23.7 Å². The first-order valence-electron chi connectivity index (χ1n) is 6.85. The van der Waals surface area contributed by atoms with Gasteiger partial charge in [0.2, 0.25) is 0 Å². The topological polar surface area (TPSA) is 50.4 Å². The first kappa shape index (κ1) is 15.3. The molecule has 1 atom stereocenters. The van der Waals surface area contributed by atoms with E-state index in [2.05, 4.69) is 10.6 Å². The molecule has 0 radical (unpaired) electrons. The van der Waals surface area contributed by atoms with Gasteiger partial charge in [-0.2, -0.15) is 0 Å². The molecule has 5 heteroatoms. The molecule has 1 fully saturated rings. The molecule has 0 aliphatic carbocycles. The molecule has 20 heavy (non-hydrogen) atoms. The van der Waals surface area contributed by atoms with Crippen molar-refractivity contribution >= 4 is 17.5 Å². The number of ether oxygens (including phenoxy) is 1. The maximum absolute atomic E-state index is 12.2. The number of hydrogen-bond donors (Lipinski definition) is 2. The van der Waals surface area contributed by atoms with E-state index in [0.717, 1.165) is 24.9 Å². The molecule has 0 spiro atoms. The van der Waals surface area contributed by atoms with Crippen LogP contribution in [0.25, 0.3) is 0 Å². The SMILES string of the molecule is COCC1(CNC(=O)c2ccc(C)c(Cl)c2)CCCN1. The molecule has 1 unspecified atom stereocenters. The molecule has 1 aromatic rings. The summed E-state index contributed by atoms with van der Waals surface area (Å²) in [7, 11) is 1.68. The third-order valence-electron chi connectivity index (χ3n) is 3.77. The Bertz CT molecular complexity index is 485. The van der Waals surface area contributed by atoms with Crippen LogP contribution >= 0.6 is 11.6 Å². The Balaban J connectivity index is 1.98. The van der Waals surface area contributed by atoms with Crippen LogP contribution < -0.4 is 10.6 Å². The summed E-state index contributed by atoms with van der Waals surface area (Å²) in [5.74, 6) is -0.101. The highest BCUT2D eigenvalue weighted by molar-refractivity contribution is 6.31. The maximum Gasteiger partial charge on any atom is 0.251 e. The van der Waals surface area contributed by atoms with E-state index in [1.54, 1.807) is 19.2 Å². The van der Waals surface area contributed by atoms with Gasteiger partial charge in [-0.3, -0.25) is 4.79 Å². The number of halogens is 1. The van der Waals surface area contributed by atoms with Crippen LogP contribution in [0.2, 0.25) is 5.02 Å². The highest BCUT2D eigenvalue weighted by Crippen LogP contribution is 2.20. The summed E-state index contributed by atoms with van der Waals surface area (Å²) < 4.78 is 5.27. The smallest absolute Gasteiger partial charge is 0.251 e. The molecule has 1 aliphatic heterocycles. The van der Waals surface area contributed by atoms with E-state index in [-0.39, 0.29) is 11.4 Å². The molecular weight excluding hydrogens is 276 g/mol. The lowest BCUT2D eigenvalue weighted by atomic mass is 9.98. The summed E-state index contributed by atoms with van der Waals surface area (Å²) in [6.45, 7) is 4.04. The fraction of sp³-hybridized carbons (Fsp3) is 0.533. The predicted molar refractivity (Wildman–Crippen MR) is 80.4 cm³/mol. The molecule has 110 valence electrons. The summed E-state index contributed by atoms with van der Waals surface area (Å²) >= 11 is 6.05. The number of carbonyl (C=O) groups excluding carboxylic acids is 1. The summed E-state index contributed by atoms with van der Waals surface area (Å²) in [4.78, 5) is 12.2. The van der Waals surface area contributed by atoms with Crippen LogP contribution in [0.1, 0.15) is 28.8 Å². The van der Waals surface area contributed by atoms with Crippen LogP contribution in [0.15, 0.2) is 18.2 Å². The minimum absolute atomic E-state index is 0.101. The largest absolute Gasteiger partial charge is 0.383 e. The van der Waals surface area contributed by atoms with Crippen molar-refractivity contribution in [2.75, 3.05) is 26.8 Å². The van der Waals surface area contributed by atoms with Gasteiger partial charge in [0.25, 0.3) is 5.91 Å². The van der Waals surface area contributed by atoms with E-state index in [4.69, 9.17) is 16.3 Å². The highest BCUT2D eigenvalue weighted by atomic mass is 35.5. The van der Waals surface area contributed by atoms with E-state index in [1.807, 2.05) is 13.0 Å². The van der Waals surface area contributed by atoms with E-state index < -0.39 is 0 Å². The fourth-order valence-corrected chi connectivity index (χ4v) is 2.74. The van der Waals surface area contributed by atoms with Gasteiger partial charge in [0.15, 0.2) is 0 Å². The van der Waals surface area contributed by atoms with Gasteiger partial charge in [0.05, 0.1) is 12.1 Å².